The monoisotopic (exact) mass is 362 g/mol. The molecule has 0 saturated carbocycles. The van der Waals surface area contributed by atoms with E-state index < -0.39 is 17.7 Å². The second-order valence-corrected chi connectivity index (χ2v) is 5.87. The average molecular weight is 362 g/mol. The summed E-state index contributed by atoms with van der Waals surface area (Å²) >= 11 is 0. The van der Waals surface area contributed by atoms with Crippen molar-refractivity contribution in [3.8, 4) is 17.2 Å². The minimum atomic E-state index is -2.21. The molecule has 140 valence electrons. The van der Waals surface area contributed by atoms with Crippen molar-refractivity contribution in [2.24, 2.45) is 0 Å². The van der Waals surface area contributed by atoms with Gasteiger partial charge in [0.1, 0.15) is 11.9 Å². The van der Waals surface area contributed by atoms with Crippen LogP contribution in [0.15, 0.2) is 42.5 Å². The Morgan fingerprint density at radius 3 is 2.08 bits per heavy atom. The summed E-state index contributed by atoms with van der Waals surface area (Å²) in [4.78, 5) is 0. The molecule has 0 aliphatic carbocycles. The van der Waals surface area contributed by atoms with E-state index in [9.17, 15) is 10.2 Å². The molecular formula is C19H22O7. The number of aliphatic hydroxyl groups is 2. The van der Waals surface area contributed by atoms with Gasteiger partial charge in [-0.05, 0) is 6.07 Å². The molecule has 0 fully saturated rings. The number of methoxy groups -OCH3 is 4. The molecule has 2 aromatic carbocycles. The van der Waals surface area contributed by atoms with Gasteiger partial charge in [0, 0.05) is 31.4 Å². The Morgan fingerprint density at radius 2 is 1.54 bits per heavy atom. The normalized spacial score (nSPS) is 27.4. The van der Waals surface area contributed by atoms with E-state index in [0.717, 1.165) is 0 Å². The van der Waals surface area contributed by atoms with Gasteiger partial charge in [0.25, 0.3) is 11.6 Å². The van der Waals surface area contributed by atoms with Gasteiger partial charge in [0.05, 0.1) is 14.2 Å². The van der Waals surface area contributed by atoms with Crippen molar-refractivity contribution >= 4 is 0 Å². The molecule has 2 aromatic rings. The number of benzene rings is 2. The van der Waals surface area contributed by atoms with Gasteiger partial charge in [-0.25, -0.2) is 0 Å². The second kappa shape index (κ2) is 6.77. The highest BCUT2D eigenvalue weighted by Gasteiger charge is 2.63. The molecule has 26 heavy (non-hydrogen) atoms. The van der Waals surface area contributed by atoms with Crippen LogP contribution in [0.5, 0.6) is 17.2 Å². The highest BCUT2D eigenvalue weighted by Crippen LogP contribution is 2.53. The molecule has 1 aliphatic heterocycles. The standard InChI is InChI=1S/C19H22O7/c1-22-15-10-13-14(11-16(15)23-2)26-18(20,12-8-6-5-7-9-12)19(21,25-4)17(13)24-3/h5-11,17,20-21H,1-4H3. The Hall–Kier alpha value is -2.32. The van der Waals surface area contributed by atoms with Gasteiger partial charge in [-0.1, -0.05) is 30.3 Å². The van der Waals surface area contributed by atoms with Gasteiger partial charge in [-0.2, -0.15) is 0 Å². The largest absolute Gasteiger partial charge is 0.493 e. The molecule has 7 nitrogen and oxygen atoms in total. The fraction of sp³-hybridized carbons (Fsp3) is 0.368. The second-order valence-electron chi connectivity index (χ2n) is 5.87. The van der Waals surface area contributed by atoms with Crippen LogP contribution in [-0.2, 0) is 15.3 Å². The molecule has 0 aromatic heterocycles. The Kier molecular flexibility index (Phi) is 4.81. The summed E-state index contributed by atoms with van der Waals surface area (Å²) in [6, 6.07) is 11.7. The van der Waals surface area contributed by atoms with Crippen molar-refractivity contribution in [3.05, 3.63) is 53.6 Å². The lowest BCUT2D eigenvalue weighted by Gasteiger charge is -2.49. The molecule has 0 bridgehead atoms. The zero-order valence-corrected chi connectivity index (χ0v) is 15.1. The fourth-order valence-corrected chi connectivity index (χ4v) is 3.25. The first-order valence-electron chi connectivity index (χ1n) is 7.98. The molecule has 2 N–H and O–H groups in total. The molecule has 1 heterocycles. The van der Waals surface area contributed by atoms with Crippen LogP contribution in [-0.4, -0.2) is 44.4 Å². The zero-order valence-electron chi connectivity index (χ0n) is 15.1. The maximum Gasteiger partial charge on any atom is 0.292 e. The highest BCUT2D eigenvalue weighted by atomic mass is 16.7. The summed E-state index contributed by atoms with van der Waals surface area (Å²) in [6.07, 6.45) is -1.05. The van der Waals surface area contributed by atoms with Crippen LogP contribution in [0.2, 0.25) is 0 Å². The Morgan fingerprint density at radius 1 is 0.923 bits per heavy atom. The molecule has 0 amide bonds. The van der Waals surface area contributed by atoms with Crippen LogP contribution in [0.4, 0.5) is 0 Å². The first-order chi connectivity index (χ1) is 12.4. The summed E-state index contributed by atoms with van der Waals surface area (Å²) in [7, 11) is 5.68. The summed E-state index contributed by atoms with van der Waals surface area (Å²) in [5.74, 6) is -3.30. The summed E-state index contributed by atoms with van der Waals surface area (Å²) in [6.45, 7) is 0. The number of hydrogen-bond acceptors (Lipinski definition) is 7. The lowest BCUT2D eigenvalue weighted by Crippen LogP contribution is -2.62. The van der Waals surface area contributed by atoms with E-state index in [1.54, 1.807) is 42.5 Å². The van der Waals surface area contributed by atoms with Crippen LogP contribution >= 0.6 is 0 Å². The Labute approximate surface area is 151 Å². The Bertz CT molecular complexity index is 779. The van der Waals surface area contributed by atoms with Crippen LogP contribution in [0.3, 0.4) is 0 Å². The van der Waals surface area contributed by atoms with Gasteiger partial charge in [0.15, 0.2) is 11.5 Å². The Balaban J connectivity index is 2.25. The van der Waals surface area contributed by atoms with E-state index >= 15 is 0 Å². The number of rotatable bonds is 5. The first kappa shape index (κ1) is 18.5. The molecule has 0 radical (unpaired) electrons. The fourth-order valence-electron chi connectivity index (χ4n) is 3.25. The van der Waals surface area contributed by atoms with Gasteiger partial charge >= 0.3 is 0 Å². The van der Waals surface area contributed by atoms with E-state index in [1.165, 1.54) is 28.4 Å². The van der Waals surface area contributed by atoms with Crippen LogP contribution in [0.1, 0.15) is 17.2 Å². The molecule has 0 saturated heterocycles. The third kappa shape index (κ3) is 2.52. The quantitative estimate of drug-likeness (QED) is 0.787. The smallest absolute Gasteiger partial charge is 0.292 e. The van der Waals surface area contributed by atoms with Gasteiger partial charge < -0.3 is 33.9 Å². The number of hydrogen-bond donors (Lipinski definition) is 2. The lowest BCUT2D eigenvalue weighted by molar-refractivity contribution is -0.403. The summed E-state index contributed by atoms with van der Waals surface area (Å²) in [5, 5.41) is 22.6. The van der Waals surface area contributed by atoms with E-state index in [2.05, 4.69) is 0 Å². The van der Waals surface area contributed by atoms with Crippen molar-refractivity contribution in [2.75, 3.05) is 28.4 Å². The van der Waals surface area contributed by atoms with Crippen molar-refractivity contribution in [1.29, 1.82) is 0 Å². The molecule has 3 atom stereocenters. The van der Waals surface area contributed by atoms with Gasteiger partial charge in [0.2, 0.25) is 0 Å². The third-order valence-electron chi connectivity index (χ3n) is 4.61. The van der Waals surface area contributed by atoms with E-state index in [1.807, 2.05) is 0 Å². The van der Waals surface area contributed by atoms with Gasteiger partial charge in [-0.15, -0.1) is 0 Å². The summed E-state index contributed by atoms with van der Waals surface area (Å²) in [5.41, 5.74) is 0.766. The maximum atomic E-state index is 11.4. The zero-order chi connectivity index (χ0) is 18.9. The molecule has 3 rings (SSSR count). The topological polar surface area (TPSA) is 86.6 Å². The van der Waals surface area contributed by atoms with E-state index in [-0.39, 0.29) is 5.75 Å². The summed E-state index contributed by atoms with van der Waals surface area (Å²) < 4.78 is 27.3. The van der Waals surface area contributed by atoms with Crippen LogP contribution in [0.25, 0.3) is 0 Å². The average Bonchev–Trinajstić information content (AvgIpc) is 2.68. The third-order valence-corrected chi connectivity index (χ3v) is 4.61. The minimum absolute atomic E-state index is 0.280. The maximum absolute atomic E-state index is 11.4. The lowest BCUT2D eigenvalue weighted by atomic mass is 9.85. The highest BCUT2D eigenvalue weighted by molar-refractivity contribution is 5.54. The number of ether oxygens (including phenoxy) is 5. The molecule has 0 spiro atoms. The van der Waals surface area contributed by atoms with Crippen molar-refractivity contribution in [3.63, 3.8) is 0 Å². The first-order valence-corrected chi connectivity index (χ1v) is 7.98. The molecular weight excluding hydrogens is 340 g/mol. The van der Waals surface area contributed by atoms with Crippen molar-refractivity contribution in [2.45, 2.75) is 17.7 Å². The van der Waals surface area contributed by atoms with E-state index in [0.29, 0.717) is 22.6 Å². The predicted octanol–water partition coefficient (Wildman–Crippen LogP) is 1.96. The van der Waals surface area contributed by atoms with E-state index in [4.69, 9.17) is 23.7 Å². The minimum Gasteiger partial charge on any atom is -0.493 e. The van der Waals surface area contributed by atoms with Crippen molar-refractivity contribution in [1.82, 2.24) is 0 Å². The SMILES string of the molecule is COc1cc2c(cc1OC)C(OC)C(O)(OC)C(O)(c1ccccc1)O2. The van der Waals surface area contributed by atoms with Gasteiger partial charge in [-0.3, -0.25) is 0 Å². The van der Waals surface area contributed by atoms with Crippen LogP contribution < -0.4 is 14.2 Å². The molecule has 1 aliphatic rings. The van der Waals surface area contributed by atoms with Crippen LogP contribution in [0, 0.1) is 0 Å². The number of fused-ring (bicyclic) bond motifs is 1. The molecule has 7 heteroatoms. The predicted molar refractivity (Wildman–Crippen MR) is 92.2 cm³/mol. The van der Waals surface area contributed by atoms with Crippen molar-refractivity contribution < 1.29 is 33.9 Å². The molecule has 3 unspecified atom stereocenters.